The van der Waals surface area contributed by atoms with Gasteiger partial charge in [0.05, 0.1) is 17.7 Å². The Bertz CT molecular complexity index is 348. The number of benzene rings is 1. The van der Waals surface area contributed by atoms with Crippen molar-refractivity contribution in [2.75, 3.05) is 7.11 Å². The highest BCUT2D eigenvalue weighted by molar-refractivity contribution is 6.68. The Kier molecular flexibility index (Phi) is 3.17. The average Bonchev–Trinajstić information content (AvgIpc) is 2.08. The van der Waals surface area contributed by atoms with Crippen LogP contribution in [0.15, 0.2) is 12.1 Å². The number of rotatable bonds is 2. The van der Waals surface area contributed by atoms with Crippen molar-refractivity contribution in [3.8, 4) is 5.75 Å². The predicted molar refractivity (Wildman–Crippen MR) is 52.9 cm³/mol. The zero-order valence-corrected chi connectivity index (χ0v) is 8.74. The van der Waals surface area contributed by atoms with Crippen LogP contribution >= 0.6 is 23.2 Å². The van der Waals surface area contributed by atoms with Crippen molar-refractivity contribution in [3.05, 3.63) is 28.3 Å². The largest absolute Gasteiger partial charge is 0.495 e. The third-order valence-electron chi connectivity index (χ3n) is 1.62. The number of carbonyl (C=O) groups excluding carboxylic acids is 1. The summed E-state index contributed by atoms with van der Waals surface area (Å²) in [4.78, 5) is 10.9. The molecule has 70 valence electrons. The highest BCUT2D eigenvalue weighted by Gasteiger charge is 2.12. The lowest BCUT2D eigenvalue weighted by Gasteiger charge is -2.06. The minimum absolute atomic E-state index is 0.258. The van der Waals surface area contributed by atoms with Gasteiger partial charge >= 0.3 is 0 Å². The number of methoxy groups -OCH3 is 1. The summed E-state index contributed by atoms with van der Waals surface area (Å²) in [5.74, 6) is 0.464. The van der Waals surface area contributed by atoms with Gasteiger partial charge in [0, 0.05) is 0 Å². The molecule has 0 unspecified atom stereocenters. The summed E-state index contributed by atoms with van der Waals surface area (Å²) in [6, 6.07) is 3.37. The minimum atomic E-state index is -0.577. The van der Waals surface area contributed by atoms with Gasteiger partial charge in [-0.15, -0.1) is 0 Å². The highest BCUT2D eigenvalue weighted by Crippen LogP contribution is 2.30. The van der Waals surface area contributed by atoms with E-state index in [2.05, 4.69) is 0 Å². The lowest BCUT2D eigenvalue weighted by atomic mass is 10.1. The second-order valence-electron chi connectivity index (χ2n) is 2.60. The van der Waals surface area contributed by atoms with Gasteiger partial charge in [-0.05, 0) is 36.2 Å². The summed E-state index contributed by atoms with van der Waals surface area (Å²) >= 11 is 11.2. The number of hydrogen-bond acceptors (Lipinski definition) is 2. The molecule has 1 rings (SSSR count). The summed E-state index contributed by atoms with van der Waals surface area (Å²) in [5, 5.41) is -0.319. The first-order valence-electron chi connectivity index (χ1n) is 3.60. The minimum Gasteiger partial charge on any atom is -0.495 e. The van der Waals surface area contributed by atoms with Crippen molar-refractivity contribution < 1.29 is 9.53 Å². The second-order valence-corrected chi connectivity index (χ2v) is 3.32. The maximum Gasteiger partial charge on any atom is 0.254 e. The van der Waals surface area contributed by atoms with Gasteiger partial charge in [0.25, 0.3) is 5.24 Å². The third kappa shape index (κ3) is 2.14. The van der Waals surface area contributed by atoms with Crippen molar-refractivity contribution in [3.63, 3.8) is 0 Å². The monoisotopic (exact) mass is 218 g/mol. The third-order valence-corrected chi connectivity index (χ3v) is 2.21. The molecule has 1 aromatic carbocycles. The highest BCUT2D eigenvalue weighted by atomic mass is 35.5. The number of halogens is 2. The number of carbonyl (C=O) groups is 1. The standard InChI is InChI=1S/C9H8Cl2O2/c1-5-3-6(9(11)12)8(10)7(4-5)13-2/h3-4H,1-2H3. The van der Waals surface area contributed by atoms with Crippen LogP contribution in [-0.4, -0.2) is 12.4 Å². The fraction of sp³-hybridized carbons (Fsp3) is 0.222. The summed E-state index contributed by atoms with van der Waals surface area (Å²) in [5.41, 5.74) is 1.16. The van der Waals surface area contributed by atoms with Crippen LogP contribution in [0.4, 0.5) is 0 Å². The molecule has 13 heavy (non-hydrogen) atoms. The fourth-order valence-electron chi connectivity index (χ4n) is 1.03. The van der Waals surface area contributed by atoms with Crippen molar-refractivity contribution in [1.82, 2.24) is 0 Å². The summed E-state index contributed by atoms with van der Waals surface area (Å²) in [6.45, 7) is 1.84. The summed E-state index contributed by atoms with van der Waals surface area (Å²) in [6.07, 6.45) is 0. The number of aryl methyl sites for hydroxylation is 1. The smallest absolute Gasteiger partial charge is 0.254 e. The van der Waals surface area contributed by atoms with E-state index >= 15 is 0 Å². The van der Waals surface area contributed by atoms with Crippen LogP contribution in [-0.2, 0) is 0 Å². The molecule has 0 bridgehead atoms. The quantitative estimate of drug-likeness (QED) is 0.714. The van der Waals surface area contributed by atoms with Crippen LogP contribution < -0.4 is 4.74 Å². The second kappa shape index (κ2) is 3.99. The summed E-state index contributed by atoms with van der Waals surface area (Å²) < 4.78 is 4.97. The Morgan fingerprint density at radius 2 is 2.08 bits per heavy atom. The molecule has 0 spiro atoms. The Balaban J connectivity index is 3.35. The molecular weight excluding hydrogens is 211 g/mol. The van der Waals surface area contributed by atoms with Gasteiger partial charge in [0.1, 0.15) is 5.75 Å². The molecule has 0 radical (unpaired) electrons. The van der Waals surface area contributed by atoms with Gasteiger partial charge in [0.2, 0.25) is 0 Å². The molecule has 0 N–H and O–H groups in total. The summed E-state index contributed by atoms with van der Waals surface area (Å²) in [7, 11) is 1.49. The Hall–Kier alpha value is -0.730. The first kappa shape index (κ1) is 10.4. The van der Waals surface area contributed by atoms with E-state index in [-0.39, 0.29) is 10.6 Å². The lowest BCUT2D eigenvalue weighted by Crippen LogP contribution is -1.95. The van der Waals surface area contributed by atoms with E-state index < -0.39 is 5.24 Å². The average molecular weight is 219 g/mol. The normalized spacial score (nSPS) is 9.85. The molecule has 0 saturated carbocycles. The SMILES string of the molecule is COc1cc(C)cc(C(=O)Cl)c1Cl. The zero-order chi connectivity index (χ0) is 10.0. The van der Waals surface area contributed by atoms with Gasteiger partial charge < -0.3 is 4.74 Å². The maximum absolute atomic E-state index is 10.9. The number of hydrogen-bond donors (Lipinski definition) is 0. The Morgan fingerprint density at radius 3 is 2.54 bits per heavy atom. The lowest BCUT2D eigenvalue weighted by molar-refractivity contribution is 0.108. The molecule has 0 aliphatic heterocycles. The van der Waals surface area contributed by atoms with E-state index in [0.29, 0.717) is 5.75 Å². The molecule has 0 amide bonds. The molecule has 0 aromatic heterocycles. The van der Waals surface area contributed by atoms with Gasteiger partial charge in [0.15, 0.2) is 0 Å². The molecule has 0 aliphatic carbocycles. The molecule has 0 fully saturated rings. The van der Waals surface area contributed by atoms with E-state index in [1.807, 2.05) is 6.92 Å². The topological polar surface area (TPSA) is 26.3 Å². The van der Waals surface area contributed by atoms with Gasteiger partial charge in [-0.1, -0.05) is 11.6 Å². The molecule has 2 nitrogen and oxygen atoms in total. The van der Waals surface area contributed by atoms with Gasteiger partial charge in [-0.2, -0.15) is 0 Å². The van der Waals surface area contributed by atoms with Crippen LogP contribution in [0.5, 0.6) is 5.75 Å². The molecule has 0 heterocycles. The van der Waals surface area contributed by atoms with Crippen LogP contribution in [0.3, 0.4) is 0 Å². The van der Waals surface area contributed by atoms with Crippen LogP contribution in [0.1, 0.15) is 15.9 Å². The molecule has 0 aliphatic rings. The Labute approximate surface area is 86.4 Å². The molecule has 1 aromatic rings. The van der Waals surface area contributed by atoms with Crippen LogP contribution in [0.2, 0.25) is 5.02 Å². The maximum atomic E-state index is 10.9. The van der Waals surface area contributed by atoms with E-state index in [1.54, 1.807) is 12.1 Å². The predicted octanol–water partition coefficient (Wildman–Crippen LogP) is 3.04. The van der Waals surface area contributed by atoms with E-state index in [9.17, 15) is 4.79 Å². The molecule has 0 saturated heterocycles. The van der Waals surface area contributed by atoms with Gasteiger partial charge in [-0.3, -0.25) is 4.79 Å². The van der Waals surface area contributed by atoms with Crippen LogP contribution in [0, 0.1) is 6.92 Å². The first-order valence-corrected chi connectivity index (χ1v) is 4.36. The first-order chi connectivity index (χ1) is 6.06. The van der Waals surface area contributed by atoms with E-state index in [0.717, 1.165) is 5.56 Å². The van der Waals surface area contributed by atoms with Crippen LogP contribution in [0.25, 0.3) is 0 Å². The Morgan fingerprint density at radius 1 is 1.46 bits per heavy atom. The zero-order valence-electron chi connectivity index (χ0n) is 7.23. The molecule has 4 heteroatoms. The van der Waals surface area contributed by atoms with E-state index in [4.69, 9.17) is 27.9 Å². The molecular formula is C9H8Cl2O2. The number of ether oxygens (including phenoxy) is 1. The molecule has 0 atom stereocenters. The van der Waals surface area contributed by atoms with Crippen molar-refractivity contribution in [2.45, 2.75) is 6.92 Å². The van der Waals surface area contributed by atoms with Crippen molar-refractivity contribution >= 4 is 28.4 Å². The van der Waals surface area contributed by atoms with Crippen molar-refractivity contribution in [1.29, 1.82) is 0 Å². The van der Waals surface area contributed by atoms with E-state index in [1.165, 1.54) is 7.11 Å². The van der Waals surface area contributed by atoms with Gasteiger partial charge in [-0.25, -0.2) is 0 Å². The fourth-order valence-corrected chi connectivity index (χ4v) is 1.50. The van der Waals surface area contributed by atoms with Crippen molar-refractivity contribution in [2.24, 2.45) is 0 Å².